The van der Waals surface area contributed by atoms with Gasteiger partial charge in [-0.15, -0.1) is 11.3 Å². The zero-order valence-electron chi connectivity index (χ0n) is 32.9. The van der Waals surface area contributed by atoms with Crippen LogP contribution in [0.5, 0.6) is 0 Å². The largest absolute Gasteiger partial charge is 0.480 e. The van der Waals surface area contributed by atoms with Crippen molar-refractivity contribution < 1.29 is 4.74 Å². The number of thiophene rings is 1. The summed E-state index contributed by atoms with van der Waals surface area (Å²) in [6.07, 6.45) is 14.9. The van der Waals surface area contributed by atoms with Gasteiger partial charge in [0.1, 0.15) is 29.4 Å². The molecule has 6 heteroatoms. The van der Waals surface area contributed by atoms with Gasteiger partial charge in [-0.3, -0.25) is 0 Å². The van der Waals surface area contributed by atoms with E-state index in [0.717, 1.165) is 61.2 Å². The molecule has 4 aromatic rings. The van der Waals surface area contributed by atoms with Gasteiger partial charge in [0.05, 0.1) is 0 Å². The first-order chi connectivity index (χ1) is 26.0. The Bertz CT molecular complexity index is 2210. The number of anilines is 3. The Labute approximate surface area is 326 Å². The molecule has 0 saturated carbocycles. The molecule has 274 valence electrons. The molecule has 0 aliphatic carbocycles. The summed E-state index contributed by atoms with van der Waals surface area (Å²) in [4.78, 5) is 4.75. The summed E-state index contributed by atoms with van der Waals surface area (Å²) in [5, 5.41) is 29.1. The highest BCUT2D eigenvalue weighted by Crippen LogP contribution is 2.42. The van der Waals surface area contributed by atoms with E-state index in [9.17, 15) is 15.8 Å². The summed E-state index contributed by atoms with van der Waals surface area (Å²) < 4.78 is 6.03. The monoisotopic (exact) mass is 730 g/mol. The van der Waals surface area contributed by atoms with Gasteiger partial charge in [-0.25, -0.2) is 0 Å². The summed E-state index contributed by atoms with van der Waals surface area (Å²) >= 11 is 1.78. The molecule has 0 radical (unpaired) electrons. The molecule has 54 heavy (non-hydrogen) atoms. The van der Waals surface area contributed by atoms with Crippen LogP contribution in [0.1, 0.15) is 102 Å². The number of nitrogens with zero attached hydrogens (tertiary/aromatic N) is 4. The van der Waals surface area contributed by atoms with Gasteiger partial charge in [0, 0.05) is 32.4 Å². The molecule has 5 rings (SSSR count). The number of allylic oxidation sites excluding steroid dienone is 2. The van der Waals surface area contributed by atoms with Gasteiger partial charge in [-0.05, 0) is 155 Å². The highest BCUT2D eigenvalue weighted by molar-refractivity contribution is 7.14. The van der Waals surface area contributed by atoms with E-state index in [1.54, 1.807) is 11.3 Å². The third kappa shape index (κ3) is 8.60. The van der Waals surface area contributed by atoms with Crippen LogP contribution in [-0.2, 0) is 17.6 Å². The van der Waals surface area contributed by atoms with Crippen LogP contribution in [0, 0.1) is 61.7 Å². The third-order valence-corrected chi connectivity index (χ3v) is 11.5. The molecule has 3 aromatic carbocycles. The maximum absolute atomic E-state index is 10.1. The van der Waals surface area contributed by atoms with Crippen LogP contribution in [0.3, 0.4) is 0 Å². The van der Waals surface area contributed by atoms with Gasteiger partial charge in [0.25, 0.3) is 0 Å². The van der Waals surface area contributed by atoms with E-state index in [4.69, 9.17) is 4.74 Å². The van der Waals surface area contributed by atoms with Gasteiger partial charge in [0.15, 0.2) is 11.3 Å². The topological polar surface area (TPSA) is 83.8 Å². The van der Waals surface area contributed by atoms with Crippen molar-refractivity contribution in [2.75, 3.05) is 4.90 Å². The molecule has 0 amide bonds. The van der Waals surface area contributed by atoms with Crippen LogP contribution in [-0.4, -0.2) is 5.60 Å². The fourth-order valence-electron chi connectivity index (χ4n) is 6.79. The number of benzene rings is 3. The van der Waals surface area contributed by atoms with Gasteiger partial charge in [-0.2, -0.15) is 15.8 Å². The molecular weight excluding hydrogens is 681 g/mol. The minimum Gasteiger partial charge on any atom is -0.480 e. The van der Waals surface area contributed by atoms with Crippen LogP contribution in [0.25, 0.3) is 18.2 Å². The normalized spacial score (nSPS) is 13.6. The van der Waals surface area contributed by atoms with Crippen LogP contribution >= 0.6 is 11.3 Å². The second-order valence-electron chi connectivity index (χ2n) is 14.6. The first-order valence-electron chi connectivity index (χ1n) is 18.9. The Morgan fingerprint density at radius 3 is 1.65 bits per heavy atom. The summed E-state index contributed by atoms with van der Waals surface area (Å²) in [5.74, 6) is 0.0638. The standard InChI is InChI=1S/C48H50N4OS/c1-9-11-13-41-42(14-12-10-2)46(26-24-44-43(31-51)47(37(29-49)30-50)53-48(44,7)8)54-45(41)25-19-36-17-22-38(23-18-36)52(39-20-15-32(3)34(5)27-39)40-21-16-33(4)35(6)28-40/h15-28H,9-14H2,1-8H3/b25-19+,26-24+. The molecule has 0 N–H and O–H groups in total. The third-order valence-electron chi connectivity index (χ3n) is 10.3. The molecule has 1 aromatic heterocycles. The van der Waals surface area contributed by atoms with Crippen molar-refractivity contribution in [1.29, 1.82) is 15.8 Å². The molecule has 0 bridgehead atoms. The number of hydrogen-bond donors (Lipinski definition) is 0. The lowest BCUT2D eigenvalue weighted by Crippen LogP contribution is -2.20. The maximum atomic E-state index is 10.1. The van der Waals surface area contributed by atoms with Crippen LogP contribution in [0.2, 0.25) is 0 Å². The lowest BCUT2D eigenvalue weighted by atomic mass is 9.93. The molecule has 1 aliphatic rings. The molecule has 2 heterocycles. The lowest BCUT2D eigenvalue weighted by Gasteiger charge is -2.27. The number of rotatable bonds is 13. The van der Waals surface area contributed by atoms with Gasteiger partial charge in [-0.1, -0.05) is 63.1 Å². The Morgan fingerprint density at radius 1 is 0.685 bits per heavy atom. The first kappa shape index (κ1) is 39.6. The quantitative estimate of drug-likeness (QED) is 0.128. The van der Waals surface area contributed by atoms with Crippen molar-refractivity contribution in [3.8, 4) is 18.2 Å². The summed E-state index contributed by atoms with van der Waals surface area (Å²) in [6, 6.07) is 28.1. The van der Waals surface area contributed by atoms with Gasteiger partial charge < -0.3 is 9.64 Å². The molecular formula is C48H50N4OS. The van der Waals surface area contributed by atoms with Crippen molar-refractivity contribution in [2.24, 2.45) is 0 Å². The minimum atomic E-state index is -0.858. The van der Waals surface area contributed by atoms with Crippen molar-refractivity contribution >= 4 is 46.6 Å². The molecule has 0 spiro atoms. The SMILES string of the molecule is CCCCc1c(/C=C/C2=C(C#N)C(=C(C#N)C#N)OC2(C)C)sc(/C=C/c2ccc(N(c3ccc(C)c(C)c3)c3ccc(C)c(C)c3)cc2)c1CCCC. The molecule has 5 nitrogen and oxygen atoms in total. The average Bonchev–Trinajstić information content (AvgIpc) is 3.62. The number of aryl methyl sites for hydroxylation is 4. The highest BCUT2D eigenvalue weighted by atomic mass is 32.1. The Morgan fingerprint density at radius 2 is 1.19 bits per heavy atom. The molecule has 0 unspecified atom stereocenters. The van der Waals surface area contributed by atoms with E-state index in [1.807, 2.05) is 32.1 Å². The fraction of sp³-hybridized carbons (Fsp3) is 0.312. The van der Waals surface area contributed by atoms with E-state index in [0.29, 0.717) is 5.57 Å². The summed E-state index contributed by atoms with van der Waals surface area (Å²) in [7, 11) is 0. The van der Waals surface area contributed by atoms with E-state index in [1.165, 1.54) is 43.1 Å². The Hall–Kier alpha value is -5.61. The van der Waals surface area contributed by atoms with Crippen molar-refractivity contribution in [3.05, 3.63) is 138 Å². The van der Waals surface area contributed by atoms with E-state index in [2.05, 4.69) is 131 Å². The number of hydrogen-bond acceptors (Lipinski definition) is 6. The second kappa shape index (κ2) is 17.5. The predicted octanol–water partition coefficient (Wildman–Crippen LogP) is 13.3. The lowest BCUT2D eigenvalue weighted by molar-refractivity contribution is 0.0954. The van der Waals surface area contributed by atoms with Crippen LogP contribution in [0.15, 0.2) is 89.2 Å². The van der Waals surface area contributed by atoms with Crippen LogP contribution in [0.4, 0.5) is 17.1 Å². The van der Waals surface area contributed by atoms with Crippen LogP contribution < -0.4 is 4.90 Å². The van der Waals surface area contributed by atoms with E-state index >= 15 is 0 Å². The minimum absolute atomic E-state index is 0.0638. The highest BCUT2D eigenvalue weighted by Gasteiger charge is 2.38. The smallest absolute Gasteiger partial charge is 0.172 e. The van der Waals surface area contributed by atoms with E-state index in [-0.39, 0.29) is 16.9 Å². The average molecular weight is 731 g/mol. The fourth-order valence-corrected chi connectivity index (χ4v) is 7.99. The zero-order valence-corrected chi connectivity index (χ0v) is 33.7. The van der Waals surface area contributed by atoms with Gasteiger partial charge in [0.2, 0.25) is 0 Å². The summed E-state index contributed by atoms with van der Waals surface area (Å²) in [6.45, 7) is 16.8. The van der Waals surface area contributed by atoms with Crippen molar-refractivity contribution in [2.45, 2.75) is 99.5 Å². The van der Waals surface area contributed by atoms with Gasteiger partial charge >= 0.3 is 0 Å². The zero-order chi connectivity index (χ0) is 39.0. The Balaban J connectivity index is 1.54. The molecule has 0 fully saturated rings. The molecule has 0 atom stereocenters. The maximum Gasteiger partial charge on any atom is 0.172 e. The molecule has 1 aliphatic heterocycles. The van der Waals surface area contributed by atoms with Crippen molar-refractivity contribution in [3.63, 3.8) is 0 Å². The Kier molecular flexibility index (Phi) is 12.8. The number of nitriles is 3. The molecule has 0 saturated heterocycles. The number of unbranched alkanes of at least 4 members (excludes halogenated alkanes) is 2. The van der Waals surface area contributed by atoms with E-state index < -0.39 is 5.60 Å². The van der Waals surface area contributed by atoms with Crippen molar-refractivity contribution in [1.82, 2.24) is 0 Å². The summed E-state index contributed by atoms with van der Waals surface area (Å²) in [5.41, 5.74) is 12.2. The second-order valence-corrected chi connectivity index (χ2v) is 15.6. The number of ether oxygens (including phenoxy) is 1. The predicted molar refractivity (Wildman–Crippen MR) is 226 cm³/mol. The first-order valence-corrected chi connectivity index (χ1v) is 19.7.